The Morgan fingerprint density at radius 1 is 0.762 bits per heavy atom. The summed E-state index contributed by atoms with van der Waals surface area (Å²) < 4.78 is 1.22. The van der Waals surface area contributed by atoms with Crippen molar-refractivity contribution >= 4 is 20.5 Å². The van der Waals surface area contributed by atoms with Crippen LogP contribution in [0.5, 0.6) is 0 Å². The third kappa shape index (κ3) is 5.34. The van der Waals surface area contributed by atoms with E-state index in [-0.39, 0.29) is 0 Å². The van der Waals surface area contributed by atoms with E-state index in [1.165, 1.54) is 66.1 Å². The number of rotatable bonds is 8. The molecule has 0 heterocycles. The van der Waals surface area contributed by atoms with Crippen LogP contribution in [0.3, 0.4) is 0 Å². The van der Waals surface area contributed by atoms with E-state index >= 15 is 0 Å². The Morgan fingerprint density at radius 2 is 1.43 bits per heavy atom. The molecule has 0 bridgehead atoms. The number of hydrogen-bond donors (Lipinski definition) is 0. The number of hydrogen-bond acceptors (Lipinski definition) is 0. The van der Waals surface area contributed by atoms with Gasteiger partial charge < -0.3 is 0 Å². The summed E-state index contributed by atoms with van der Waals surface area (Å²) in [6.45, 7) is 2.27. The molecule has 0 atom stereocenters. The molecule has 1 heteroatoms. The summed E-state index contributed by atoms with van der Waals surface area (Å²) in [7, 11) is 0. The molecule has 0 aliphatic heterocycles. The first kappa shape index (κ1) is 16.3. The zero-order chi connectivity index (χ0) is 14.9. The molecular formula is C20H25Se. The van der Waals surface area contributed by atoms with Crippen LogP contribution in [0, 0.1) is 0 Å². The standard InChI is InChI=1S/C20H25Se/c1-2-3-4-5-6-7-10-17-13-15-18(16-14-17)19-11-8-9-12-20(19)21/h8-9,11-16H,2-7,10H2,1H3. The molecule has 0 saturated heterocycles. The minimum absolute atomic E-state index is 1.21. The van der Waals surface area contributed by atoms with E-state index in [9.17, 15) is 0 Å². The molecule has 0 fully saturated rings. The molecule has 0 nitrogen and oxygen atoms in total. The second-order valence-corrected chi connectivity index (χ2v) is 6.63. The molecule has 2 aromatic carbocycles. The molecule has 111 valence electrons. The van der Waals surface area contributed by atoms with Gasteiger partial charge >= 0.3 is 124 Å². The van der Waals surface area contributed by atoms with Crippen LogP contribution in [-0.2, 0) is 6.42 Å². The minimum atomic E-state index is 1.21. The molecule has 0 N–H and O–H groups in total. The van der Waals surface area contributed by atoms with Gasteiger partial charge in [0, 0.05) is 0 Å². The SMILES string of the molecule is CCCCCCCCc1ccc(-c2ccccc2[Se])cc1. The van der Waals surface area contributed by atoms with Crippen molar-refractivity contribution in [2.24, 2.45) is 0 Å². The van der Waals surface area contributed by atoms with Crippen LogP contribution in [-0.4, -0.2) is 16.0 Å². The second kappa shape index (κ2) is 9.07. The molecule has 0 amide bonds. The summed E-state index contributed by atoms with van der Waals surface area (Å²) in [6.07, 6.45) is 9.42. The van der Waals surface area contributed by atoms with Crippen LogP contribution in [0.2, 0.25) is 0 Å². The van der Waals surface area contributed by atoms with Crippen molar-refractivity contribution in [3.63, 3.8) is 0 Å². The van der Waals surface area contributed by atoms with Crippen molar-refractivity contribution in [3.8, 4) is 11.1 Å². The van der Waals surface area contributed by atoms with Crippen LogP contribution in [0.1, 0.15) is 51.0 Å². The van der Waals surface area contributed by atoms with E-state index in [4.69, 9.17) is 0 Å². The topological polar surface area (TPSA) is 0 Å². The fraction of sp³-hybridized carbons (Fsp3) is 0.400. The predicted molar refractivity (Wildman–Crippen MR) is 94.3 cm³/mol. The summed E-state index contributed by atoms with van der Waals surface area (Å²) >= 11 is 3.14. The van der Waals surface area contributed by atoms with Gasteiger partial charge in [-0.1, -0.05) is 13.3 Å². The van der Waals surface area contributed by atoms with Crippen molar-refractivity contribution in [1.29, 1.82) is 0 Å². The van der Waals surface area contributed by atoms with Crippen LogP contribution < -0.4 is 4.46 Å². The Bertz CT molecular complexity index is 528. The fourth-order valence-corrected chi connectivity index (χ4v) is 3.22. The third-order valence-electron chi connectivity index (χ3n) is 3.97. The monoisotopic (exact) mass is 345 g/mol. The summed E-state index contributed by atoms with van der Waals surface area (Å²) in [6, 6.07) is 17.5. The number of aryl methyl sites for hydroxylation is 1. The first-order valence-corrected chi connectivity index (χ1v) is 9.02. The van der Waals surface area contributed by atoms with Gasteiger partial charge in [0.25, 0.3) is 0 Å². The van der Waals surface area contributed by atoms with E-state index in [2.05, 4.69) is 71.5 Å². The van der Waals surface area contributed by atoms with E-state index < -0.39 is 0 Å². The van der Waals surface area contributed by atoms with Crippen molar-refractivity contribution in [2.75, 3.05) is 0 Å². The second-order valence-electron chi connectivity index (χ2n) is 5.71. The van der Waals surface area contributed by atoms with E-state index in [1.807, 2.05) is 0 Å². The van der Waals surface area contributed by atoms with E-state index in [1.54, 1.807) is 0 Å². The predicted octanol–water partition coefficient (Wildman–Crippen LogP) is 5.05. The van der Waals surface area contributed by atoms with Crippen molar-refractivity contribution in [1.82, 2.24) is 0 Å². The Labute approximate surface area is 137 Å². The Kier molecular flexibility index (Phi) is 7.06. The Hall–Kier alpha value is -1.04. The quantitative estimate of drug-likeness (QED) is 0.464. The van der Waals surface area contributed by atoms with Gasteiger partial charge in [-0.25, -0.2) is 0 Å². The summed E-state index contributed by atoms with van der Waals surface area (Å²) in [5.41, 5.74) is 4.06. The van der Waals surface area contributed by atoms with Gasteiger partial charge in [-0.2, -0.15) is 0 Å². The molecule has 0 saturated carbocycles. The zero-order valence-corrected chi connectivity index (χ0v) is 14.7. The van der Waals surface area contributed by atoms with Crippen LogP contribution >= 0.6 is 0 Å². The number of benzene rings is 2. The molecule has 0 aliphatic carbocycles. The molecule has 2 rings (SSSR count). The zero-order valence-electron chi connectivity index (χ0n) is 13.0. The summed E-state index contributed by atoms with van der Waals surface area (Å²) in [5.74, 6) is 0. The normalized spacial score (nSPS) is 10.7. The summed E-state index contributed by atoms with van der Waals surface area (Å²) in [5, 5.41) is 0. The van der Waals surface area contributed by atoms with Gasteiger partial charge in [-0.15, -0.1) is 0 Å². The summed E-state index contributed by atoms with van der Waals surface area (Å²) in [4.78, 5) is 0. The van der Waals surface area contributed by atoms with Gasteiger partial charge in [-0.05, 0) is 0 Å². The molecular weight excluding hydrogens is 319 g/mol. The number of unbranched alkanes of at least 4 members (excludes halogenated alkanes) is 5. The maximum absolute atomic E-state index is 3.14. The van der Waals surface area contributed by atoms with Crippen LogP contribution in [0.4, 0.5) is 0 Å². The first-order valence-electron chi connectivity index (χ1n) is 8.16. The van der Waals surface area contributed by atoms with Gasteiger partial charge in [0.15, 0.2) is 0 Å². The van der Waals surface area contributed by atoms with Crippen molar-refractivity contribution < 1.29 is 0 Å². The maximum atomic E-state index is 3.14. The fourth-order valence-electron chi connectivity index (χ4n) is 2.67. The molecule has 2 aromatic rings. The molecule has 21 heavy (non-hydrogen) atoms. The van der Waals surface area contributed by atoms with Crippen LogP contribution in [0.25, 0.3) is 11.1 Å². The van der Waals surface area contributed by atoms with E-state index in [0.717, 1.165) is 0 Å². The average molecular weight is 344 g/mol. The molecule has 0 aromatic heterocycles. The van der Waals surface area contributed by atoms with E-state index in [0.29, 0.717) is 0 Å². The third-order valence-corrected chi connectivity index (χ3v) is 4.72. The first-order chi connectivity index (χ1) is 10.3. The molecule has 0 aliphatic rings. The van der Waals surface area contributed by atoms with Crippen LogP contribution in [0.15, 0.2) is 48.5 Å². The molecule has 1 radical (unpaired) electrons. The van der Waals surface area contributed by atoms with Gasteiger partial charge in [0.05, 0.1) is 0 Å². The van der Waals surface area contributed by atoms with Crippen molar-refractivity contribution in [3.05, 3.63) is 54.1 Å². The average Bonchev–Trinajstić information content (AvgIpc) is 2.52. The molecule has 0 unspecified atom stereocenters. The van der Waals surface area contributed by atoms with Gasteiger partial charge in [0.2, 0.25) is 0 Å². The Balaban J connectivity index is 1.84. The molecule has 0 spiro atoms. The van der Waals surface area contributed by atoms with Crippen molar-refractivity contribution in [2.45, 2.75) is 51.9 Å². The Morgan fingerprint density at radius 3 is 2.14 bits per heavy atom. The van der Waals surface area contributed by atoms with Gasteiger partial charge in [-0.3, -0.25) is 0 Å². The van der Waals surface area contributed by atoms with Gasteiger partial charge in [0.1, 0.15) is 0 Å².